The quantitative estimate of drug-likeness (QED) is 0.793. The lowest BCUT2D eigenvalue weighted by atomic mass is 9.69. The molecule has 0 heterocycles. The SMILES string of the molecule is C.Cc1ccc(CNC2CC3CCC2(C)C3(C)C)cc1.Cl. The van der Waals surface area contributed by atoms with Gasteiger partial charge in [0.05, 0.1) is 0 Å². The number of benzene rings is 1. The highest BCUT2D eigenvalue weighted by molar-refractivity contribution is 5.85. The summed E-state index contributed by atoms with van der Waals surface area (Å²) in [6.45, 7) is 10.6. The van der Waals surface area contributed by atoms with Crippen molar-refractivity contribution in [2.75, 3.05) is 0 Å². The van der Waals surface area contributed by atoms with Crippen LogP contribution in [-0.2, 0) is 6.54 Å². The van der Waals surface area contributed by atoms with Gasteiger partial charge in [-0.15, -0.1) is 12.4 Å². The van der Waals surface area contributed by atoms with Gasteiger partial charge < -0.3 is 5.32 Å². The van der Waals surface area contributed by atoms with Crippen LogP contribution in [0, 0.1) is 23.7 Å². The van der Waals surface area contributed by atoms with E-state index >= 15 is 0 Å². The fourth-order valence-corrected chi connectivity index (χ4v) is 4.46. The van der Waals surface area contributed by atoms with Gasteiger partial charge in [-0.3, -0.25) is 0 Å². The van der Waals surface area contributed by atoms with E-state index in [-0.39, 0.29) is 19.8 Å². The van der Waals surface area contributed by atoms with Crippen molar-refractivity contribution in [1.29, 1.82) is 0 Å². The Bertz CT molecular complexity index is 465. The van der Waals surface area contributed by atoms with Crippen LogP contribution < -0.4 is 5.32 Å². The van der Waals surface area contributed by atoms with Crippen LogP contribution in [0.1, 0.15) is 58.6 Å². The van der Waals surface area contributed by atoms with Crippen LogP contribution in [0.4, 0.5) is 0 Å². The molecule has 0 aromatic heterocycles. The maximum atomic E-state index is 3.84. The molecule has 0 amide bonds. The van der Waals surface area contributed by atoms with E-state index in [1.165, 1.54) is 30.4 Å². The van der Waals surface area contributed by atoms with Gasteiger partial charge in [-0.25, -0.2) is 0 Å². The molecule has 0 radical (unpaired) electrons. The number of halogens is 1. The van der Waals surface area contributed by atoms with Crippen LogP contribution in [0.3, 0.4) is 0 Å². The van der Waals surface area contributed by atoms with Crippen molar-refractivity contribution in [2.45, 2.75) is 67.0 Å². The van der Waals surface area contributed by atoms with Gasteiger partial charge in [-0.05, 0) is 48.5 Å². The summed E-state index contributed by atoms with van der Waals surface area (Å²) >= 11 is 0. The zero-order valence-electron chi connectivity index (χ0n) is 13.2. The average Bonchev–Trinajstić information content (AvgIpc) is 2.71. The fourth-order valence-electron chi connectivity index (χ4n) is 4.46. The average molecular weight is 310 g/mol. The number of nitrogens with one attached hydrogen (secondary N) is 1. The lowest BCUT2D eigenvalue weighted by Gasteiger charge is -2.39. The summed E-state index contributed by atoms with van der Waals surface area (Å²) < 4.78 is 0. The number of aryl methyl sites for hydroxylation is 1. The summed E-state index contributed by atoms with van der Waals surface area (Å²) in [5.41, 5.74) is 3.76. The second kappa shape index (κ2) is 6.30. The lowest BCUT2D eigenvalue weighted by molar-refractivity contribution is 0.120. The topological polar surface area (TPSA) is 12.0 Å². The van der Waals surface area contributed by atoms with Crippen LogP contribution in [0.5, 0.6) is 0 Å². The van der Waals surface area contributed by atoms with Crippen molar-refractivity contribution in [2.24, 2.45) is 16.7 Å². The van der Waals surface area contributed by atoms with E-state index < -0.39 is 0 Å². The van der Waals surface area contributed by atoms with Gasteiger partial charge in [0.1, 0.15) is 0 Å². The van der Waals surface area contributed by atoms with Gasteiger partial charge in [-0.1, -0.05) is 58.0 Å². The Kier molecular flexibility index (Phi) is 5.56. The van der Waals surface area contributed by atoms with Gasteiger partial charge in [0, 0.05) is 12.6 Å². The molecule has 1 aromatic rings. The molecule has 2 heteroatoms. The van der Waals surface area contributed by atoms with Crippen LogP contribution in [0.15, 0.2) is 24.3 Å². The Hall–Kier alpha value is -0.530. The minimum absolute atomic E-state index is 0. The first-order chi connectivity index (χ1) is 8.93. The van der Waals surface area contributed by atoms with E-state index in [1.807, 2.05) is 0 Å². The van der Waals surface area contributed by atoms with E-state index in [9.17, 15) is 0 Å². The summed E-state index contributed by atoms with van der Waals surface area (Å²) in [6, 6.07) is 9.63. The minimum Gasteiger partial charge on any atom is -0.309 e. The van der Waals surface area contributed by atoms with E-state index in [1.54, 1.807) is 0 Å². The highest BCUT2D eigenvalue weighted by Crippen LogP contribution is 2.65. The molecule has 21 heavy (non-hydrogen) atoms. The van der Waals surface area contributed by atoms with Crippen molar-refractivity contribution in [3.63, 3.8) is 0 Å². The number of hydrogen-bond donors (Lipinski definition) is 1. The first-order valence-electron chi connectivity index (χ1n) is 7.72. The number of fused-ring (bicyclic) bond motifs is 2. The summed E-state index contributed by atoms with van der Waals surface area (Å²) in [6.07, 6.45) is 4.21. The first-order valence-corrected chi connectivity index (χ1v) is 7.72. The lowest BCUT2D eigenvalue weighted by Crippen LogP contribution is -2.44. The van der Waals surface area contributed by atoms with Gasteiger partial charge in [-0.2, -0.15) is 0 Å². The minimum atomic E-state index is 0. The molecule has 1 nitrogen and oxygen atoms in total. The third-order valence-corrected chi connectivity index (χ3v) is 6.47. The molecule has 3 unspecified atom stereocenters. The van der Waals surface area contributed by atoms with E-state index in [0.29, 0.717) is 16.9 Å². The van der Waals surface area contributed by atoms with Gasteiger partial charge in [0.25, 0.3) is 0 Å². The Morgan fingerprint density at radius 2 is 1.76 bits per heavy atom. The zero-order chi connectivity index (χ0) is 13.7. The van der Waals surface area contributed by atoms with Gasteiger partial charge in [0.2, 0.25) is 0 Å². The molecule has 2 saturated carbocycles. The Balaban J connectivity index is 0.00000110. The molecule has 0 aliphatic heterocycles. The number of rotatable bonds is 3. The second-order valence-corrected chi connectivity index (χ2v) is 7.53. The van der Waals surface area contributed by atoms with Crippen LogP contribution in [-0.4, -0.2) is 6.04 Å². The zero-order valence-corrected chi connectivity index (χ0v) is 14.0. The van der Waals surface area contributed by atoms with Gasteiger partial charge in [0.15, 0.2) is 0 Å². The van der Waals surface area contributed by atoms with Crippen molar-refractivity contribution in [1.82, 2.24) is 5.32 Å². The fraction of sp³-hybridized carbons (Fsp3) is 0.684. The molecular formula is C19H32ClN. The largest absolute Gasteiger partial charge is 0.309 e. The van der Waals surface area contributed by atoms with Crippen LogP contribution >= 0.6 is 12.4 Å². The third kappa shape index (κ3) is 2.87. The summed E-state index contributed by atoms with van der Waals surface area (Å²) in [5.74, 6) is 0.924. The third-order valence-electron chi connectivity index (χ3n) is 6.47. The summed E-state index contributed by atoms with van der Waals surface area (Å²) in [5, 5.41) is 3.84. The van der Waals surface area contributed by atoms with Crippen molar-refractivity contribution in [3.8, 4) is 0 Å². The molecule has 2 aliphatic carbocycles. The molecule has 120 valence electrons. The first kappa shape index (κ1) is 18.5. The molecule has 3 rings (SSSR count). The van der Waals surface area contributed by atoms with E-state index in [4.69, 9.17) is 0 Å². The predicted octanol–water partition coefficient (Wildman–Crippen LogP) is 5.36. The Morgan fingerprint density at radius 1 is 1.14 bits per heavy atom. The summed E-state index contributed by atoms with van der Waals surface area (Å²) in [4.78, 5) is 0. The molecule has 2 bridgehead atoms. The molecule has 1 aromatic carbocycles. The molecular weight excluding hydrogens is 278 g/mol. The highest BCUT2D eigenvalue weighted by atomic mass is 35.5. The molecule has 0 spiro atoms. The van der Waals surface area contributed by atoms with E-state index in [0.717, 1.165) is 12.5 Å². The monoisotopic (exact) mass is 309 g/mol. The molecule has 0 saturated heterocycles. The highest BCUT2D eigenvalue weighted by Gasteiger charge is 2.60. The Morgan fingerprint density at radius 3 is 2.24 bits per heavy atom. The number of hydrogen-bond acceptors (Lipinski definition) is 1. The maximum Gasteiger partial charge on any atom is 0.0208 e. The van der Waals surface area contributed by atoms with Crippen molar-refractivity contribution < 1.29 is 0 Å². The molecule has 2 fully saturated rings. The Labute approximate surface area is 137 Å². The van der Waals surface area contributed by atoms with E-state index in [2.05, 4.69) is 57.3 Å². The predicted molar refractivity (Wildman–Crippen MR) is 95.0 cm³/mol. The molecule has 1 N–H and O–H groups in total. The van der Waals surface area contributed by atoms with Crippen molar-refractivity contribution in [3.05, 3.63) is 35.4 Å². The summed E-state index contributed by atoms with van der Waals surface area (Å²) in [7, 11) is 0. The molecule has 3 atom stereocenters. The second-order valence-electron chi connectivity index (χ2n) is 7.53. The normalized spacial score (nSPS) is 32.4. The van der Waals surface area contributed by atoms with Crippen molar-refractivity contribution >= 4 is 12.4 Å². The smallest absolute Gasteiger partial charge is 0.0208 e. The van der Waals surface area contributed by atoms with Crippen LogP contribution in [0.25, 0.3) is 0 Å². The molecule has 2 aliphatic rings. The standard InChI is InChI=1S/C18H27N.CH4.ClH/c1-13-5-7-14(8-6-13)12-19-16-11-15-9-10-18(16,4)17(15,2)3;;/h5-8,15-16,19H,9-12H2,1-4H3;1H4;1H. The van der Waals surface area contributed by atoms with Gasteiger partial charge >= 0.3 is 0 Å². The maximum absolute atomic E-state index is 3.84. The van der Waals surface area contributed by atoms with Crippen LogP contribution in [0.2, 0.25) is 0 Å².